The number of benzene rings is 2. The number of hydrogen-bond donors (Lipinski definition) is 0. The summed E-state index contributed by atoms with van der Waals surface area (Å²) in [5, 5.41) is 1.40. The van der Waals surface area contributed by atoms with E-state index in [1.165, 1.54) is 16.3 Å². The second-order valence-electron chi connectivity index (χ2n) is 6.02. The highest BCUT2D eigenvalue weighted by atomic mass is 28.3. The molecule has 0 spiro atoms. The fourth-order valence-electron chi connectivity index (χ4n) is 2.10. The molecule has 1 nitrogen and oxygen atoms in total. The van der Waals surface area contributed by atoms with Crippen molar-refractivity contribution in [3.63, 3.8) is 0 Å². The van der Waals surface area contributed by atoms with E-state index < -0.39 is 8.07 Å². The lowest BCUT2D eigenvalue weighted by atomic mass is 10.2. The Morgan fingerprint density at radius 1 is 0.947 bits per heavy atom. The van der Waals surface area contributed by atoms with Crippen LogP contribution in [0.1, 0.15) is 11.1 Å². The molecule has 0 saturated carbocycles. The summed E-state index contributed by atoms with van der Waals surface area (Å²) >= 11 is 0. The highest BCUT2D eigenvalue weighted by Gasteiger charge is 2.21. The Kier molecular flexibility index (Phi) is 4.10. The molecule has 0 aliphatic carbocycles. The maximum Gasteiger partial charge on any atom is 0.119 e. The standard InChI is InChI=1S/C17H22OSi/c1-14-10-11-17(19(2,3)4)16(12-14)18-13-15-8-6-5-7-9-15/h5-12H,13H2,1-4H3. The van der Waals surface area contributed by atoms with E-state index in [4.69, 9.17) is 4.74 Å². The van der Waals surface area contributed by atoms with Gasteiger partial charge in [0.05, 0.1) is 8.07 Å². The van der Waals surface area contributed by atoms with E-state index in [0.717, 1.165) is 5.75 Å². The topological polar surface area (TPSA) is 9.23 Å². The van der Waals surface area contributed by atoms with Crippen LogP contribution in [0.15, 0.2) is 48.5 Å². The maximum absolute atomic E-state index is 6.07. The van der Waals surface area contributed by atoms with Crippen molar-refractivity contribution in [3.05, 3.63) is 59.7 Å². The zero-order valence-corrected chi connectivity index (χ0v) is 13.2. The van der Waals surface area contributed by atoms with Gasteiger partial charge in [0.15, 0.2) is 0 Å². The van der Waals surface area contributed by atoms with Crippen LogP contribution in [0.2, 0.25) is 19.6 Å². The summed E-state index contributed by atoms with van der Waals surface area (Å²) < 4.78 is 6.07. The van der Waals surface area contributed by atoms with Crippen molar-refractivity contribution < 1.29 is 4.74 Å². The van der Waals surface area contributed by atoms with E-state index >= 15 is 0 Å². The monoisotopic (exact) mass is 270 g/mol. The molecule has 19 heavy (non-hydrogen) atoms. The molecule has 0 heterocycles. The molecule has 0 aromatic heterocycles. The molecule has 0 atom stereocenters. The first-order valence-corrected chi connectivity index (χ1v) is 10.2. The van der Waals surface area contributed by atoms with Crippen LogP contribution in [0.25, 0.3) is 0 Å². The van der Waals surface area contributed by atoms with Crippen molar-refractivity contribution in [2.75, 3.05) is 0 Å². The predicted octanol–water partition coefficient (Wildman–Crippen LogP) is 4.12. The third-order valence-corrected chi connectivity index (χ3v) is 5.21. The Morgan fingerprint density at radius 3 is 2.26 bits per heavy atom. The van der Waals surface area contributed by atoms with Crippen LogP contribution in [-0.4, -0.2) is 8.07 Å². The third kappa shape index (κ3) is 3.71. The minimum Gasteiger partial charge on any atom is -0.489 e. The zero-order valence-electron chi connectivity index (χ0n) is 12.2. The second kappa shape index (κ2) is 5.62. The van der Waals surface area contributed by atoms with Crippen LogP contribution in [0.5, 0.6) is 5.75 Å². The van der Waals surface area contributed by atoms with Gasteiger partial charge in [-0.25, -0.2) is 0 Å². The molecule has 0 fully saturated rings. The molecule has 0 unspecified atom stereocenters. The van der Waals surface area contributed by atoms with Gasteiger partial charge in [0.1, 0.15) is 12.4 Å². The Balaban J connectivity index is 2.22. The van der Waals surface area contributed by atoms with Crippen molar-refractivity contribution in [1.29, 1.82) is 0 Å². The fourth-order valence-corrected chi connectivity index (χ4v) is 3.57. The summed E-state index contributed by atoms with van der Waals surface area (Å²) in [4.78, 5) is 0. The minimum absolute atomic E-state index is 0.641. The molecule has 0 aliphatic rings. The molecule has 0 aliphatic heterocycles. The number of rotatable bonds is 4. The summed E-state index contributed by atoms with van der Waals surface area (Å²) in [7, 11) is -1.36. The Bertz CT molecular complexity index is 541. The van der Waals surface area contributed by atoms with Crippen LogP contribution in [0.3, 0.4) is 0 Å². The molecular weight excluding hydrogens is 248 g/mol. The molecule has 0 radical (unpaired) electrons. The lowest BCUT2D eigenvalue weighted by Crippen LogP contribution is -2.38. The lowest BCUT2D eigenvalue weighted by molar-refractivity contribution is 0.308. The molecule has 0 saturated heterocycles. The van der Waals surface area contributed by atoms with E-state index in [-0.39, 0.29) is 0 Å². The van der Waals surface area contributed by atoms with Gasteiger partial charge in [-0.05, 0) is 29.3 Å². The predicted molar refractivity (Wildman–Crippen MR) is 84.9 cm³/mol. The molecule has 2 rings (SSSR count). The minimum atomic E-state index is -1.36. The van der Waals surface area contributed by atoms with E-state index in [1.54, 1.807) is 0 Å². The molecule has 100 valence electrons. The average molecular weight is 270 g/mol. The normalized spacial score (nSPS) is 11.4. The number of ether oxygens (including phenoxy) is 1. The molecule has 2 heteroatoms. The first-order valence-electron chi connectivity index (χ1n) is 6.75. The van der Waals surface area contributed by atoms with Gasteiger partial charge in [0, 0.05) is 0 Å². The fraction of sp³-hybridized carbons (Fsp3) is 0.294. The lowest BCUT2D eigenvalue weighted by Gasteiger charge is -2.21. The van der Waals surface area contributed by atoms with Crippen molar-refractivity contribution >= 4 is 13.3 Å². The van der Waals surface area contributed by atoms with Crippen LogP contribution in [0, 0.1) is 6.92 Å². The van der Waals surface area contributed by atoms with Gasteiger partial charge in [-0.3, -0.25) is 0 Å². The van der Waals surface area contributed by atoms with Crippen LogP contribution in [-0.2, 0) is 6.61 Å². The van der Waals surface area contributed by atoms with Crippen LogP contribution >= 0.6 is 0 Å². The highest BCUT2D eigenvalue weighted by Crippen LogP contribution is 2.17. The van der Waals surface area contributed by atoms with Gasteiger partial charge in [-0.15, -0.1) is 0 Å². The van der Waals surface area contributed by atoms with Crippen LogP contribution in [0.4, 0.5) is 0 Å². The number of aryl methyl sites for hydroxylation is 1. The average Bonchev–Trinajstić information content (AvgIpc) is 2.36. The summed E-state index contributed by atoms with van der Waals surface area (Å²) in [6.45, 7) is 9.82. The summed E-state index contributed by atoms with van der Waals surface area (Å²) in [6.07, 6.45) is 0. The second-order valence-corrected chi connectivity index (χ2v) is 11.1. The van der Waals surface area contributed by atoms with E-state index in [9.17, 15) is 0 Å². The van der Waals surface area contributed by atoms with Crippen LogP contribution < -0.4 is 9.92 Å². The highest BCUT2D eigenvalue weighted by molar-refractivity contribution is 6.89. The van der Waals surface area contributed by atoms with Gasteiger partial charge in [0.25, 0.3) is 0 Å². The summed E-state index contributed by atoms with van der Waals surface area (Å²) in [5.41, 5.74) is 2.47. The first kappa shape index (κ1) is 13.9. The van der Waals surface area contributed by atoms with Crippen molar-refractivity contribution in [2.24, 2.45) is 0 Å². The van der Waals surface area contributed by atoms with Gasteiger partial charge in [-0.2, -0.15) is 0 Å². The molecule has 0 N–H and O–H groups in total. The molecular formula is C17H22OSi. The zero-order chi connectivity index (χ0) is 13.9. The van der Waals surface area contributed by atoms with Crippen molar-refractivity contribution in [2.45, 2.75) is 33.2 Å². The largest absolute Gasteiger partial charge is 0.489 e. The van der Waals surface area contributed by atoms with E-state index in [0.29, 0.717) is 6.61 Å². The quantitative estimate of drug-likeness (QED) is 0.759. The van der Waals surface area contributed by atoms with Gasteiger partial charge in [0.2, 0.25) is 0 Å². The summed E-state index contributed by atoms with van der Waals surface area (Å²) in [5.74, 6) is 1.06. The Morgan fingerprint density at radius 2 is 1.63 bits per heavy atom. The van der Waals surface area contributed by atoms with Crippen molar-refractivity contribution in [3.8, 4) is 5.75 Å². The molecule has 0 amide bonds. The van der Waals surface area contributed by atoms with E-state index in [2.05, 4.69) is 56.9 Å². The van der Waals surface area contributed by atoms with Gasteiger partial charge < -0.3 is 4.74 Å². The molecule has 0 bridgehead atoms. The summed E-state index contributed by atoms with van der Waals surface area (Å²) in [6, 6.07) is 16.9. The SMILES string of the molecule is Cc1ccc([Si](C)(C)C)c(OCc2ccccc2)c1. The molecule has 2 aromatic rings. The Labute approximate surface area is 117 Å². The Hall–Kier alpha value is -1.54. The van der Waals surface area contributed by atoms with Crippen molar-refractivity contribution in [1.82, 2.24) is 0 Å². The van der Waals surface area contributed by atoms with E-state index in [1.807, 2.05) is 18.2 Å². The maximum atomic E-state index is 6.07. The van der Waals surface area contributed by atoms with Gasteiger partial charge in [-0.1, -0.05) is 62.1 Å². The third-order valence-electron chi connectivity index (χ3n) is 3.18. The van der Waals surface area contributed by atoms with Gasteiger partial charge >= 0.3 is 0 Å². The molecule has 2 aromatic carbocycles. The number of hydrogen-bond acceptors (Lipinski definition) is 1. The first-order chi connectivity index (χ1) is 8.97. The smallest absolute Gasteiger partial charge is 0.119 e.